The van der Waals surface area contributed by atoms with Crippen molar-refractivity contribution >= 4 is 17.6 Å². The predicted octanol–water partition coefficient (Wildman–Crippen LogP) is 0.461. The van der Waals surface area contributed by atoms with Crippen molar-refractivity contribution < 1.29 is 19.8 Å². The first-order valence-corrected chi connectivity index (χ1v) is 4.81. The largest absolute Gasteiger partial charge is 0.507 e. The molecule has 0 aliphatic carbocycles. The zero-order valence-corrected chi connectivity index (χ0v) is 8.91. The molecule has 8 nitrogen and oxygen atoms in total. The number of amides is 1. The summed E-state index contributed by atoms with van der Waals surface area (Å²) in [6.07, 6.45) is 1.23. The van der Waals surface area contributed by atoms with Gasteiger partial charge in [-0.05, 0) is 18.2 Å². The van der Waals surface area contributed by atoms with Gasteiger partial charge in [0.2, 0.25) is 0 Å². The highest BCUT2D eigenvalue weighted by Gasteiger charge is 2.13. The molecule has 2 rings (SSSR count). The molecule has 1 heterocycles. The number of hydrogen-bond donors (Lipinski definition) is 4. The van der Waals surface area contributed by atoms with Gasteiger partial charge in [-0.25, -0.2) is 4.79 Å². The van der Waals surface area contributed by atoms with Crippen LogP contribution in [0.3, 0.4) is 0 Å². The van der Waals surface area contributed by atoms with Gasteiger partial charge in [-0.15, -0.1) is 0 Å². The maximum atomic E-state index is 11.6. The van der Waals surface area contributed by atoms with Gasteiger partial charge in [0, 0.05) is 5.69 Å². The lowest BCUT2D eigenvalue weighted by atomic mass is 10.2. The van der Waals surface area contributed by atoms with E-state index in [4.69, 9.17) is 5.11 Å². The summed E-state index contributed by atoms with van der Waals surface area (Å²) in [6.45, 7) is 0. The average molecular weight is 248 g/mol. The molecular weight excluding hydrogens is 240 g/mol. The number of benzene rings is 1. The molecular formula is C10H8N4O4. The van der Waals surface area contributed by atoms with Gasteiger partial charge >= 0.3 is 5.97 Å². The zero-order valence-electron chi connectivity index (χ0n) is 8.91. The lowest BCUT2D eigenvalue weighted by Gasteiger charge is -2.05. The number of aromatic hydroxyl groups is 1. The number of carboxylic acids is 1. The van der Waals surface area contributed by atoms with E-state index in [0.717, 1.165) is 6.07 Å². The van der Waals surface area contributed by atoms with E-state index >= 15 is 0 Å². The van der Waals surface area contributed by atoms with Gasteiger partial charge in [0.25, 0.3) is 5.91 Å². The molecule has 1 aromatic carbocycles. The van der Waals surface area contributed by atoms with Gasteiger partial charge in [0.15, 0.2) is 5.69 Å². The number of aromatic nitrogens is 3. The minimum Gasteiger partial charge on any atom is -0.507 e. The molecule has 0 radical (unpaired) electrons. The molecule has 1 amide bonds. The smallest absolute Gasteiger partial charge is 0.339 e. The van der Waals surface area contributed by atoms with Crippen molar-refractivity contribution in [3.63, 3.8) is 0 Å². The van der Waals surface area contributed by atoms with Crippen LogP contribution >= 0.6 is 0 Å². The van der Waals surface area contributed by atoms with Crippen LogP contribution in [0.25, 0.3) is 0 Å². The number of aromatic amines is 1. The van der Waals surface area contributed by atoms with E-state index in [1.807, 2.05) is 0 Å². The molecule has 0 unspecified atom stereocenters. The van der Waals surface area contributed by atoms with Crippen molar-refractivity contribution in [2.75, 3.05) is 5.32 Å². The molecule has 92 valence electrons. The van der Waals surface area contributed by atoms with E-state index in [9.17, 15) is 14.7 Å². The fourth-order valence-corrected chi connectivity index (χ4v) is 1.29. The minimum absolute atomic E-state index is 0.0694. The Hall–Kier alpha value is -2.90. The Morgan fingerprint density at radius 2 is 2.11 bits per heavy atom. The van der Waals surface area contributed by atoms with Crippen molar-refractivity contribution in [3.8, 4) is 5.75 Å². The number of carbonyl (C=O) groups excluding carboxylic acids is 1. The van der Waals surface area contributed by atoms with E-state index in [1.165, 1.54) is 18.3 Å². The van der Waals surface area contributed by atoms with Gasteiger partial charge < -0.3 is 15.5 Å². The molecule has 0 saturated carbocycles. The second-order valence-corrected chi connectivity index (χ2v) is 3.35. The van der Waals surface area contributed by atoms with Crippen LogP contribution in [0.1, 0.15) is 20.8 Å². The van der Waals surface area contributed by atoms with Crippen molar-refractivity contribution in [2.45, 2.75) is 0 Å². The first-order chi connectivity index (χ1) is 8.58. The van der Waals surface area contributed by atoms with Gasteiger partial charge in [0.05, 0.1) is 6.20 Å². The molecule has 8 heteroatoms. The maximum Gasteiger partial charge on any atom is 0.339 e. The molecule has 0 bridgehead atoms. The van der Waals surface area contributed by atoms with Crippen molar-refractivity contribution in [2.24, 2.45) is 0 Å². The third-order valence-corrected chi connectivity index (χ3v) is 2.13. The second-order valence-electron chi connectivity index (χ2n) is 3.35. The van der Waals surface area contributed by atoms with Crippen LogP contribution in [0.15, 0.2) is 24.4 Å². The fraction of sp³-hybridized carbons (Fsp3) is 0. The number of nitrogens with one attached hydrogen (secondary N) is 2. The molecule has 18 heavy (non-hydrogen) atoms. The number of phenols is 1. The number of hydrogen-bond acceptors (Lipinski definition) is 5. The van der Waals surface area contributed by atoms with Crippen LogP contribution in [0, 0.1) is 0 Å². The molecule has 2 aromatic rings. The molecule has 4 N–H and O–H groups in total. The summed E-state index contributed by atoms with van der Waals surface area (Å²) in [4.78, 5) is 22.4. The lowest BCUT2D eigenvalue weighted by molar-refractivity contribution is 0.0693. The first-order valence-electron chi connectivity index (χ1n) is 4.81. The molecule has 0 aliphatic rings. The monoisotopic (exact) mass is 248 g/mol. The highest BCUT2D eigenvalue weighted by atomic mass is 16.4. The Labute approximate surface area is 100 Å². The Morgan fingerprint density at radius 3 is 2.72 bits per heavy atom. The standard InChI is InChI=1S/C10H8N4O4/c15-8-2-1-5(3-6(8)10(17)18)12-9(16)7-4-11-14-13-7/h1-4,15H,(H,12,16)(H,17,18)(H,11,13,14). The molecule has 0 saturated heterocycles. The Bertz CT molecular complexity index is 594. The minimum atomic E-state index is -1.29. The summed E-state index contributed by atoms with van der Waals surface area (Å²) in [7, 11) is 0. The number of carbonyl (C=O) groups is 2. The second kappa shape index (κ2) is 4.53. The number of anilines is 1. The molecule has 0 aliphatic heterocycles. The van der Waals surface area contributed by atoms with Crippen LogP contribution in [-0.4, -0.2) is 37.5 Å². The van der Waals surface area contributed by atoms with E-state index in [0.29, 0.717) is 0 Å². The summed E-state index contributed by atoms with van der Waals surface area (Å²) in [6, 6.07) is 3.71. The SMILES string of the molecule is O=C(Nc1ccc(O)c(C(=O)O)c1)c1cn[nH]n1. The van der Waals surface area contributed by atoms with Crippen molar-refractivity contribution in [1.29, 1.82) is 0 Å². The van der Waals surface area contributed by atoms with Gasteiger partial charge in [-0.1, -0.05) is 0 Å². The topological polar surface area (TPSA) is 128 Å². The van der Waals surface area contributed by atoms with Crippen molar-refractivity contribution in [3.05, 3.63) is 35.7 Å². The molecule has 0 atom stereocenters. The highest BCUT2D eigenvalue weighted by molar-refractivity contribution is 6.03. The molecule has 0 spiro atoms. The van der Waals surface area contributed by atoms with Crippen LogP contribution in [0.2, 0.25) is 0 Å². The number of carboxylic acid groups (broad SMARTS) is 1. The van der Waals surface area contributed by atoms with E-state index in [1.54, 1.807) is 0 Å². The number of rotatable bonds is 3. The average Bonchev–Trinajstić information content (AvgIpc) is 2.85. The summed E-state index contributed by atoms with van der Waals surface area (Å²) >= 11 is 0. The Kier molecular flexibility index (Phi) is 2.92. The van der Waals surface area contributed by atoms with Gasteiger partial charge in [-0.3, -0.25) is 4.79 Å². The molecule has 1 aromatic heterocycles. The predicted molar refractivity (Wildman–Crippen MR) is 59.4 cm³/mol. The summed E-state index contributed by atoms with van der Waals surface area (Å²) in [5.74, 6) is -2.20. The fourth-order valence-electron chi connectivity index (χ4n) is 1.29. The van der Waals surface area contributed by atoms with E-state index in [2.05, 4.69) is 20.7 Å². The summed E-state index contributed by atoms with van der Waals surface area (Å²) in [5.41, 5.74) is 0.00565. The van der Waals surface area contributed by atoms with Crippen molar-refractivity contribution in [1.82, 2.24) is 15.4 Å². The van der Waals surface area contributed by atoms with Crippen LogP contribution in [0.4, 0.5) is 5.69 Å². The third-order valence-electron chi connectivity index (χ3n) is 2.13. The van der Waals surface area contributed by atoms with E-state index < -0.39 is 11.9 Å². The third kappa shape index (κ3) is 2.26. The summed E-state index contributed by atoms with van der Waals surface area (Å²) in [5, 5.41) is 29.9. The van der Waals surface area contributed by atoms with Crippen LogP contribution < -0.4 is 5.32 Å². The number of H-pyrrole nitrogens is 1. The summed E-state index contributed by atoms with van der Waals surface area (Å²) < 4.78 is 0. The Morgan fingerprint density at radius 1 is 1.33 bits per heavy atom. The lowest BCUT2D eigenvalue weighted by Crippen LogP contribution is -2.13. The number of aromatic carboxylic acids is 1. The normalized spacial score (nSPS) is 10.0. The highest BCUT2D eigenvalue weighted by Crippen LogP contribution is 2.21. The van der Waals surface area contributed by atoms with Gasteiger partial charge in [0.1, 0.15) is 11.3 Å². The molecule has 0 fully saturated rings. The zero-order chi connectivity index (χ0) is 13.1. The quantitative estimate of drug-likeness (QED) is 0.584. The Balaban J connectivity index is 2.22. The first kappa shape index (κ1) is 11.6. The van der Waals surface area contributed by atoms with Crippen LogP contribution in [0.5, 0.6) is 5.75 Å². The van der Waals surface area contributed by atoms with E-state index in [-0.39, 0.29) is 22.7 Å². The van der Waals surface area contributed by atoms with Crippen LogP contribution in [-0.2, 0) is 0 Å². The maximum absolute atomic E-state index is 11.6. The number of nitrogens with zero attached hydrogens (tertiary/aromatic N) is 2. The van der Waals surface area contributed by atoms with Gasteiger partial charge in [-0.2, -0.15) is 15.4 Å².